The van der Waals surface area contributed by atoms with Gasteiger partial charge in [-0.15, -0.1) is 0 Å². The van der Waals surface area contributed by atoms with Crippen LogP contribution >= 0.6 is 0 Å². The zero-order valence-electron chi connectivity index (χ0n) is 14.1. The Labute approximate surface area is 135 Å². The van der Waals surface area contributed by atoms with Crippen molar-refractivity contribution in [2.45, 2.75) is 27.2 Å². The summed E-state index contributed by atoms with van der Waals surface area (Å²) in [6, 6.07) is 0. The number of carbonyl (C=O) groups excluding carboxylic acids is 3. The highest BCUT2D eigenvalue weighted by molar-refractivity contribution is 6.00. The fourth-order valence-corrected chi connectivity index (χ4v) is 2.90. The monoisotopic (exact) mass is 321 g/mol. The van der Waals surface area contributed by atoms with Gasteiger partial charge < -0.3 is 19.5 Å². The van der Waals surface area contributed by atoms with Gasteiger partial charge in [-0.25, -0.2) is 4.79 Å². The minimum Gasteiger partial charge on any atom is -0.465 e. The predicted octanol–water partition coefficient (Wildman–Crippen LogP) is 0.976. The lowest BCUT2D eigenvalue weighted by Gasteiger charge is -2.34. The Morgan fingerprint density at radius 2 is 1.70 bits per heavy atom. The van der Waals surface area contributed by atoms with E-state index in [0.29, 0.717) is 55.1 Å². The molecule has 7 nitrogen and oxygen atoms in total. The molecule has 23 heavy (non-hydrogen) atoms. The summed E-state index contributed by atoms with van der Waals surface area (Å²) in [5.41, 5.74) is 2.20. The van der Waals surface area contributed by atoms with Crippen molar-refractivity contribution in [3.63, 3.8) is 0 Å². The second-order valence-corrected chi connectivity index (χ2v) is 5.62. The number of methoxy groups -OCH3 is 1. The van der Waals surface area contributed by atoms with Crippen LogP contribution in [0.5, 0.6) is 0 Å². The molecule has 0 atom stereocenters. The summed E-state index contributed by atoms with van der Waals surface area (Å²) < 4.78 is 4.81. The molecule has 0 unspecified atom stereocenters. The van der Waals surface area contributed by atoms with Gasteiger partial charge in [0.15, 0.2) is 0 Å². The first kappa shape index (κ1) is 17.1. The molecular formula is C16H23N3O4. The Hall–Kier alpha value is -2.31. The summed E-state index contributed by atoms with van der Waals surface area (Å²) in [4.78, 5) is 42.5. The van der Waals surface area contributed by atoms with E-state index < -0.39 is 5.97 Å². The summed E-state index contributed by atoms with van der Waals surface area (Å²) >= 11 is 0. The maximum absolute atomic E-state index is 12.7. The number of aryl methyl sites for hydroxylation is 1. The zero-order chi connectivity index (χ0) is 17.1. The van der Waals surface area contributed by atoms with Crippen LogP contribution in [0.2, 0.25) is 0 Å². The largest absolute Gasteiger partial charge is 0.465 e. The summed E-state index contributed by atoms with van der Waals surface area (Å²) in [5, 5.41) is 0. The predicted molar refractivity (Wildman–Crippen MR) is 84.4 cm³/mol. The molecule has 2 amide bonds. The second kappa shape index (κ2) is 6.85. The van der Waals surface area contributed by atoms with Gasteiger partial charge in [-0.2, -0.15) is 0 Å². The minimum absolute atomic E-state index is 0.0226. The van der Waals surface area contributed by atoms with Gasteiger partial charge in [-0.1, -0.05) is 6.92 Å². The minimum atomic E-state index is -0.434. The first-order chi connectivity index (χ1) is 10.9. The first-order valence-electron chi connectivity index (χ1n) is 7.75. The van der Waals surface area contributed by atoms with Gasteiger partial charge in [0.05, 0.1) is 12.7 Å². The molecule has 1 aromatic heterocycles. The van der Waals surface area contributed by atoms with Gasteiger partial charge in [0.2, 0.25) is 5.91 Å². The number of esters is 1. The molecule has 0 aromatic carbocycles. The number of aromatic nitrogens is 1. The topological polar surface area (TPSA) is 82.7 Å². The average molecular weight is 321 g/mol. The average Bonchev–Trinajstić information content (AvgIpc) is 2.90. The van der Waals surface area contributed by atoms with E-state index in [1.807, 2.05) is 6.92 Å². The number of hydrogen-bond donors (Lipinski definition) is 1. The van der Waals surface area contributed by atoms with Crippen LogP contribution < -0.4 is 0 Å². The number of hydrogen-bond acceptors (Lipinski definition) is 4. The van der Waals surface area contributed by atoms with Crippen molar-refractivity contribution in [2.75, 3.05) is 33.3 Å². The zero-order valence-corrected chi connectivity index (χ0v) is 14.1. The molecular weight excluding hydrogens is 298 g/mol. The summed E-state index contributed by atoms with van der Waals surface area (Å²) in [6.07, 6.45) is 0.608. The van der Waals surface area contributed by atoms with E-state index in [1.54, 1.807) is 16.7 Å². The molecule has 1 aliphatic heterocycles. The quantitative estimate of drug-likeness (QED) is 0.841. The van der Waals surface area contributed by atoms with Gasteiger partial charge in [0.25, 0.3) is 5.91 Å². The SMILES string of the molecule is CCc1[nH]c(C(=O)N2CCN(C(C)=O)CC2)c(C)c1C(=O)OC. The van der Waals surface area contributed by atoms with Crippen LogP contribution in [-0.4, -0.2) is 65.9 Å². The van der Waals surface area contributed by atoms with E-state index in [9.17, 15) is 14.4 Å². The van der Waals surface area contributed by atoms with Crippen LogP contribution in [0.1, 0.15) is 46.0 Å². The third-order valence-corrected chi connectivity index (χ3v) is 4.30. The third-order valence-electron chi connectivity index (χ3n) is 4.30. The number of aromatic amines is 1. The molecule has 1 fully saturated rings. The van der Waals surface area contributed by atoms with E-state index in [1.165, 1.54) is 14.0 Å². The van der Waals surface area contributed by atoms with Crippen molar-refractivity contribution in [1.29, 1.82) is 0 Å². The van der Waals surface area contributed by atoms with Crippen LogP contribution in [0.15, 0.2) is 0 Å². The molecule has 0 saturated carbocycles. The van der Waals surface area contributed by atoms with E-state index in [-0.39, 0.29) is 11.8 Å². The lowest BCUT2D eigenvalue weighted by molar-refractivity contribution is -0.130. The highest BCUT2D eigenvalue weighted by Gasteiger charge is 2.28. The number of carbonyl (C=O) groups is 3. The van der Waals surface area contributed by atoms with Crippen LogP contribution in [0.4, 0.5) is 0 Å². The van der Waals surface area contributed by atoms with Gasteiger partial charge in [0.1, 0.15) is 5.69 Å². The van der Waals surface area contributed by atoms with E-state index in [4.69, 9.17) is 4.74 Å². The lowest BCUT2D eigenvalue weighted by Crippen LogP contribution is -2.50. The van der Waals surface area contributed by atoms with Crippen LogP contribution in [0.3, 0.4) is 0 Å². The molecule has 0 spiro atoms. The van der Waals surface area contributed by atoms with Crippen molar-refractivity contribution >= 4 is 17.8 Å². The van der Waals surface area contributed by atoms with Crippen molar-refractivity contribution in [3.05, 3.63) is 22.5 Å². The van der Waals surface area contributed by atoms with Crippen LogP contribution in [-0.2, 0) is 16.0 Å². The van der Waals surface area contributed by atoms with Gasteiger partial charge >= 0.3 is 5.97 Å². The Morgan fingerprint density at radius 1 is 1.13 bits per heavy atom. The maximum Gasteiger partial charge on any atom is 0.339 e. The molecule has 1 N–H and O–H groups in total. The molecule has 0 radical (unpaired) electrons. The van der Waals surface area contributed by atoms with Gasteiger partial charge in [-0.05, 0) is 18.9 Å². The summed E-state index contributed by atoms with van der Waals surface area (Å²) in [6.45, 7) is 7.25. The Bertz CT molecular complexity index is 628. The smallest absolute Gasteiger partial charge is 0.339 e. The first-order valence-corrected chi connectivity index (χ1v) is 7.75. The molecule has 7 heteroatoms. The van der Waals surface area contributed by atoms with Crippen molar-refractivity contribution < 1.29 is 19.1 Å². The Morgan fingerprint density at radius 3 is 2.17 bits per heavy atom. The number of piperazine rings is 1. The summed E-state index contributed by atoms with van der Waals surface area (Å²) in [5.74, 6) is -0.555. The van der Waals surface area contributed by atoms with Gasteiger partial charge in [0, 0.05) is 38.8 Å². The van der Waals surface area contributed by atoms with E-state index >= 15 is 0 Å². The fourth-order valence-electron chi connectivity index (χ4n) is 2.90. The number of nitrogens with one attached hydrogen (secondary N) is 1. The van der Waals surface area contributed by atoms with Crippen molar-refractivity contribution in [2.24, 2.45) is 0 Å². The van der Waals surface area contributed by atoms with Crippen LogP contribution in [0, 0.1) is 6.92 Å². The number of ether oxygens (including phenoxy) is 1. The molecule has 2 heterocycles. The number of amides is 2. The molecule has 2 rings (SSSR count). The van der Waals surface area contributed by atoms with E-state index in [0.717, 1.165) is 0 Å². The number of rotatable bonds is 3. The fraction of sp³-hybridized carbons (Fsp3) is 0.562. The van der Waals surface area contributed by atoms with Gasteiger partial charge in [-0.3, -0.25) is 9.59 Å². The molecule has 1 saturated heterocycles. The number of nitrogens with zero attached hydrogens (tertiary/aromatic N) is 2. The Balaban J connectivity index is 2.22. The summed E-state index contributed by atoms with van der Waals surface area (Å²) in [7, 11) is 1.33. The highest BCUT2D eigenvalue weighted by atomic mass is 16.5. The number of H-pyrrole nitrogens is 1. The molecule has 1 aromatic rings. The molecule has 0 aliphatic carbocycles. The highest BCUT2D eigenvalue weighted by Crippen LogP contribution is 2.22. The Kier molecular flexibility index (Phi) is 5.08. The standard InChI is InChI=1S/C16H23N3O4/c1-5-12-13(16(22)23-4)10(2)14(17-12)15(21)19-8-6-18(7-9-19)11(3)20/h17H,5-9H2,1-4H3. The van der Waals surface area contributed by atoms with Crippen LogP contribution in [0.25, 0.3) is 0 Å². The van der Waals surface area contributed by atoms with E-state index in [2.05, 4.69) is 4.98 Å². The molecule has 0 bridgehead atoms. The molecule has 1 aliphatic rings. The normalized spacial score (nSPS) is 14.8. The third kappa shape index (κ3) is 3.23. The maximum atomic E-state index is 12.7. The lowest BCUT2D eigenvalue weighted by atomic mass is 10.1. The van der Waals surface area contributed by atoms with Crippen molar-refractivity contribution in [1.82, 2.24) is 14.8 Å². The molecule has 126 valence electrons. The second-order valence-electron chi connectivity index (χ2n) is 5.62. The van der Waals surface area contributed by atoms with Crippen molar-refractivity contribution in [3.8, 4) is 0 Å².